The molecule has 86 valence electrons. The second-order valence-corrected chi connectivity index (χ2v) is 4.04. The van der Waals surface area contributed by atoms with E-state index in [4.69, 9.17) is 0 Å². The molecule has 0 radical (unpaired) electrons. The lowest BCUT2D eigenvalue weighted by Gasteiger charge is -2.16. The first-order valence-electron chi connectivity index (χ1n) is 5.97. The van der Waals surface area contributed by atoms with Crippen molar-refractivity contribution in [1.82, 2.24) is 14.9 Å². The average Bonchev–Trinajstić information content (AvgIpc) is 2.61. The fraction of sp³-hybridized carbons (Fsp3) is 0.750. The van der Waals surface area contributed by atoms with Crippen molar-refractivity contribution < 1.29 is 0 Å². The van der Waals surface area contributed by atoms with E-state index in [0.29, 0.717) is 6.04 Å². The van der Waals surface area contributed by atoms with Crippen LogP contribution in [0.3, 0.4) is 0 Å². The number of hydrogen-bond acceptors (Lipinski definition) is 2. The van der Waals surface area contributed by atoms with Crippen molar-refractivity contribution in [2.24, 2.45) is 7.05 Å². The van der Waals surface area contributed by atoms with Gasteiger partial charge in [-0.1, -0.05) is 20.3 Å². The van der Waals surface area contributed by atoms with Gasteiger partial charge in [-0.2, -0.15) is 0 Å². The topological polar surface area (TPSA) is 29.9 Å². The van der Waals surface area contributed by atoms with Crippen molar-refractivity contribution in [3.63, 3.8) is 0 Å². The molecule has 1 heterocycles. The predicted octanol–water partition coefficient (Wildman–Crippen LogP) is 2.13. The first kappa shape index (κ1) is 12.2. The Balaban J connectivity index is 2.36. The minimum absolute atomic E-state index is 0.650. The second kappa shape index (κ2) is 6.62. The van der Waals surface area contributed by atoms with Gasteiger partial charge >= 0.3 is 0 Å². The van der Waals surface area contributed by atoms with Crippen LogP contribution in [0, 0.1) is 0 Å². The van der Waals surface area contributed by atoms with Crippen LogP contribution in [0.2, 0.25) is 0 Å². The third kappa shape index (κ3) is 4.04. The predicted molar refractivity (Wildman–Crippen MR) is 63.9 cm³/mol. The molecule has 0 aliphatic rings. The first-order valence-corrected chi connectivity index (χ1v) is 5.97. The summed E-state index contributed by atoms with van der Waals surface area (Å²) >= 11 is 0. The molecule has 0 bridgehead atoms. The van der Waals surface area contributed by atoms with Crippen molar-refractivity contribution in [2.75, 3.05) is 6.54 Å². The highest BCUT2D eigenvalue weighted by Gasteiger charge is 2.07. The van der Waals surface area contributed by atoms with Crippen LogP contribution in [0.15, 0.2) is 12.4 Å². The Bertz CT molecular complexity index is 262. The van der Waals surface area contributed by atoms with Gasteiger partial charge in [-0.3, -0.25) is 0 Å². The van der Waals surface area contributed by atoms with Crippen molar-refractivity contribution >= 4 is 0 Å². The van der Waals surface area contributed by atoms with E-state index in [0.717, 1.165) is 13.0 Å². The van der Waals surface area contributed by atoms with Gasteiger partial charge in [0.1, 0.15) is 5.82 Å². The lowest BCUT2D eigenvalue weighted by atomic mass is 10.1. The Labute approximate surface area is 92.9 Å². The number of nitrogens with one attached hydrogen (secondary N) is 1. The Kier molecular flexibility index (Phi) is 5.40. The molecule has 0 spiro atoms. The van der Waals surface area contributed by atoms with E-state index in [9.17, 15) is 0 Å². The molecule has 3 heteroatoms. The summed E-state index contributed by atoms with van der Waals surface area (Å²) in [4.78, 5) is 4.34. The van der Waals surface area contributed by atoms with Crippen LogP contribution < -0.4 is 5.32 Å². The summed E-state index contributed by atoms with van der Waals surface area (Å²) in [5.74, 6) is 1.19. The molecular weight excluding hydrogens is 186 g/mol. The third-order valence-electron chi connectivity index (χ3n) is 2.77. The Morgan fingerprint density at radius 3 is 2.73 bits per heavy atom. The van der Waals surface area contributed by atoms with Gasteiger partial charge in [-0.25, -0.2) is 4.98 Å². The standard InChI is InChI=1S/C12H23N3/c1-4-6-11(13-5-2)7-8-12-14-9-10-15(12)3/h9-11,13H,4-8H2,1-3H3. The molecule has 15 heavy (non-hydrogen) atoms. The first-order chi connectivity index (χ1) is 7.27. The molecule has 0 amide bonds. The van der Waals surface area contributed by atoms with E-state index < -0.39 is 0 Å². The smallest absolute Gasteiger partial charge is 0.108 e. The number of imidazole rings is 1. The maximum absolute atomic E-state index is 4.34. The monoisotopic (exact) mass is 209 g/mol. The summed E-state index contributed by atoms with van der Waals surface area (Å²) in [5, 5.41) is 3.53. The van der Waals surface area contributed by atoms with Crippen molar-refractivity contribution in [1.29, 1.82) is 0 Å². The lowest BCUT2D eigenvalue weighted by molar-refractivity contribution is 0.453. The quantitative estimate of drug-likeness (QED) is 0.745. The van der Waals surface area contributed by atoms with Gasteiger partial charge < -0.3 is 9.88 Å². The highest BCUT2D eigenvalue weighted by molar-refractivity contribution is 4.91. The van der Waals surface area contributed by atoms with Crippen LogP contribution in [0.1, 0.15) is 38.9 Å². The molecule has 1 aromatic heterocycles. The van der Waals surface area contributed by atoms with Gasteiger partial charge in [0.25, 0.3) is 0 Å². The molecule has 0 saturated carbocycles. The van der Waals surface area contributed by atoms with E-state index in [1.165, 1.54) is 25.1 Å². The van der Waals surface area contributed by atoms with E-state index in [-0.39, 0.29) is 0 Å². The highest BCUT2D eigenvalue weighted by atomic mass is 15.0. The van der Waals surface area contributed by atoms with Crippen LogP contribution in [-0.2, 0) is 13.5 Å². The van der Waals surface area contributed by atoms with Crippen molar-refractivity contribution in [3.05, 3.63) is 18.2 Å². The van der Waals surface area contributed by atoms with Gasteiger partial charge in [0.15, 0.2) is 0 Å². The number of nitrogens with zero attached hydrogens (tertiary/aromatic N) is 2. The maximum atomic E-state index is 4.34. The van der Waals surface area contributed by atoms with Crippen LogP contribution >= 0.6 is 0 Å². The average molecular weight is 209 g/mol. The minimum Gasteiger partial charge on any atom is -0.338 e. The van der Waals surface area contributed by atoms with E-state index in [1.54, 1.807) is 0 Å². The Hall–Kier alpha value is -0.830. The Morgan fingerprint density at radius 2 is 2.20 bits per heavy atom. The zero-order chi connectivity index (χ0) is 11.1. The Morgan fingerprint density at radius 1 is 1.40 bits per heavy atom. The molecule has 1 aromatic rings. The fourth-order valence-electron chi connectivity index (χ4n) is 1.93. The zero-order valence-electron chi connectivity index (χ0n) is 10.2. The summed E-state index contributed by atoms with van der Waals surface area (Å²) in [7, 11) is 2.06. The van der Waals surface area contributed by atoms with Gasteiger partial charge in [0.05, 0.1) is 0 Å². The van der Waals surface area contributed by atoms with Crippen LogP contribution in [-0.4, -0.2) is 22.1 Å². The summed E-state index contributed by atoms with van der Waals surface area (Å²) < 4.78 is 2.11. The molecule has 1 unspecified atom stereocenters. The minimum atomic E-state index is 0.650. The van der Waals surface area contributed by atoms with E-state index >= 15 is 0 Å². The number of hydrogen-bond donors (Lipinski definition) is 1. The fourth-order valence-corrected chi connectivity index (χ4v) is 1.93. The number of aryl methyl sites for hydroxylation is 2. The highest BCUT2D eigenvalue weighted by Crippen LogP contribution is 2.06. The van der Waals surface area contributed by atoms with Gasteiger partial charge in [0.2, 0.25) is 0 Å². The largest absolute Gasteiger partial charge is 0.338 e. The number of rotatable bonds is 7. The molecular formula is C12H23N3. The molecule has 0 saturated heterocycles. The third-order valence-corrected chi connectivity index (χ3v) is 2.77. The van der Waals surface area contributed by atoms with Crippen LogP contribution in [0.5, 0.6) is 0 Å². The van der Waals surface area contributed by atoms with E-state index in [1.807, 2.05) is 12.4 Å². The second-order valence-electron chi connectivity index (χ2n) is 4.04. The molecule has 0 aliphatic carbocycles. The molecule has 1 rings (SSSR count). The summed E-state index contributed by atoms with van der Waals surface area (Å²) in [5.41, 5.74) is 0. The molecule has 0 fully saturated rings. The number of aromatic nitrogens is 2. The van der Waals surface area contributed by atoms with Gasteiger partial charge in [-0.05, 0) is 19.4 Å². The van der Waals surface area contributed by atoms with Crippen LogP contribution in [0.4, 0.5) is 0 Å². The van der Waals surface area contributed by atoms with Gasteiger partial charge in [-0.15, -0.1) is 0 Å². The molecule has 3 nitrogen and oxygen atoms in total. The van der Waals surface area contributed by atoms with Crippen molar-refractivity contribution in [3.8, 4) is 0 Å². The lowest BCUT2D eigenvalue weighted by Crippen LogP contribution is -2.29. The van der Waals surface area contributed by atoms with E-state index in [2.05, 4.69) is 35.8 Å². The van der Waals surface area contributed by atoms with Crippen LogP contribution in [0.25, 0.3) is 0 Å². The van der Waals surface area contributed by atoms with Gasteiger partial charge in [0, 0.05) is 31.9 Å². The maximum Gasteiger partial charge on any atom is 0.108 e. The molecule has 1 N–H and O–H groups in total. The van der Waals surface area contributed by atoms with Crippen molar-refractivity contribution in [2.45, 2.75) is 45.6 Å². The normalized spacial score (nSPS) is 13.0. The summed E-state index contributed by atoms with van der Waals surface area (Å²) in [6.07, 6.45) is 8.65. The molecule has 1 atom stereocenters. The molecule has 0 aliphatic heterocycles. The summed E-state index contributed by atoms with van der Waals surface area (Å²) in [6, 6.07) is 0.650. The SMILES string of the molecule is CCCC(CCc1nccn1C)NCC. The molecule has 0 aromatic carbocycles. The summed E-state index contributed by atoms with van der Waals surface area (Å²) in [6.45, 7) is 5.47. The zero-order valence-corrected chi connectivity index (χ0v) is 10.2.